The zero-order valence-corrected chi connectivity index (χ0v) is 15.8. The lowest BCUT2D eigenvalue weighted by Gasteiger charge is -2.10. The highest BCUT2D eigenvalue weighted by molar-refractivity contribution is 5.62. The Labute approximate surface area is 159 Å². The minimum atomic E-state index is 0.554. The molecule has 0 fully saturated rings. The van der Waals surface area contributed by atoms with Crippen LogP contribution in [0, 0.1) is 0 Å². The molecule has 0 amide bonds. The first-order valence-electron chi connectivity index (χ1n) is 8.83. The summed E-state index contributed by atoms with van der Waals surface area (Å²) in [6.07, 6.45) is 1.66. The van der Waals surface area contributed by atoms with Crippen LogP contribution < -0.4 is 19.5 Å². The number of rotatable bonds is 9. The van der Waals surface area contributed by atoms with Crippen molar-refractivity contribution in [2.45, 2.75) is 20.0 Å². The second-order valence-electron chi connectivity index (χ2n) is 5.85. The Morgan fingerprint density at radius 1 is 1.00 bits per heavy atom. The van der Waals surface area contributed by atoms with Crippen LogP contribution in [0.15, 0.2) is 53.1 Å². The number of nitrogens with one attached hydrogen (secondary N) is 1. The van der Waals surface area contributed by atoms with Crippen molar-refractivity contribution in [1.29, 1.82) is 0 Å². The third kappa shape index (κ3) is 4.60. The van der Waals surface area contributed by atoms with E-state index in [0.717, 1.165) is 34.1 Å². The van der Waals surface area contributed by atoms with E-state index in [1.807, 2.05) is 49.4 Å². The Kier molecular flexibility index (Phi) is 6.33. The van der Waals surface area contributed by atoms with Crippen LogP contribution in [0.1, 0.15) is 18.2 Å². The van der Waals surface area contributed by atoms with E-state index in [1.165, 1.54) is 0 Å². The SMILES string of the molecule is CCOc1ccccc1-c1nc(CNCc2ccc(OC)cc2OC)co1. The van der Waals surface area contributed by atoms with E-state index in [0.29, 0.717) is 25.6 Å². The predicted octanol–water partition coefficient (Wildman–Crippen LogP) is 4.05. The highest BCUT2D eigenvalue weighted by Gasteiger charge is 2.12. The maximum atomic E-state index is 5.64. The molecule has 3 rings (SSSR count). The molecule has 3 aromatic rings. The number of aromatic nitrogens is 1. The van der Waals surface area contributed by atoms with Gasteiger partial charge in [0.15, 0.2) is 0 Å². The van der Waals surface area contributed by atoms with Crippen LogP contribution in [0.5, 0.6) is 17.2 Å². The summed E-state index contributed by atoms with van der Waals surface area (Å²) in [4.78, 5) is 4.56. The quantitative estimate of drug-likeness (QED) is 0.615. The summed E-state index contributed by atoms with van der Waals surface area (Å²) < 4.78 is 21.9. The van der Waals surface area contributed by atoms with E-state index in [4.69, 9.17) is 18.6 Å². The number of hydrogen-bond donors (Lipinski definition) is 1. The van der Waals surface area contributed by atoms with Gasteiger partial charge in [-0.3, -0.25) is 0 Å². The van der Waals surface area contributed by atoms with Gasteiger partial charge in [0.2, 0.25) is 5.89 Å². The molecule has 1 N–H and O–H groups in total. The van der Waals surface area contributed by atoms with Crippen LogP contribution in [0.25, 0.3) is 11.5 Å². The van der Waals surface area contributed by atoms with Crippen LogP contribution >= 0.6 is 0 Å². The van der Waals surface area contributed by atoms with Crippen LogP contribution in [0.2, 0.25) is 0 Å². The van der Waals surface area contributed by atoms with Crippen molar-refractivity contribution in [2.24, 2.45) is 0 Å². The topological polar surface area (TPSA) is 65.8 Å². The molecule has 0 aliphatic carbocycles. The van der Waals surface area contributed by atoms with Crippen molar-refractivity contribution in [1.82, 2.24) is 10.3 Å². The third-order valence-corrected chi connectivity index (χ3v) is 4.08. The maximum Gasteiger partial charge on any atom is 0.229 e. The van der Waals surface area contributed by atoms with E-state index in [9.17, 15) is 0 Å². The molecule has 0 bridgehead atoms. The molecular weight excluding hydrogens is 344 g/mol. The highest BCUT2D eigenvalue weighted by Crippen LogP contribution is 2.29. The molecule has 0 saturated carbocycles. The minimum absolute atomic E-state index is 0.554. The largest absolute Gasteiger partial charge is 0.497 e. The number of ether oxygens (including phenoxy) is 3. The van der Waals surface area contributed by atoms with Gasteiger partial charge in [0.25, 0.3) is 0 Å². The number of hydrogen-bond acceptors (Lipinski definition) is 6. The zero-order valence-electron chi connectivity index (χ0n) is 15.8. The standard InChI is InChI=1S/C21H24N2O4/c1-4-26-19-8-6-5-7-18(19)21-23-16(14-27-21)13-22-12-15-9-10-17(24-2)11-20(15)25-3/h5-11,14,22H,4,12-13H2,1-3H3. The average Bonchev–Trinajstić information content (AvgIpc) is 3.17. The summed E-state index contributed by atoms with van der Waals surface area (Å²) in [6, 6.07) is 13.5. The summed E-state index contributed by atoms with van der Waals surface area (Å²) in [5.41, 5.74) is 2.72. The zero-order chi connectivity index (χ0) is 19.1. The van der Waals surface area contributed by atoms with Gasteiger partial charge in [0, 0.05) is 24.7 Å². The number of methoxy groups -OCH3 is 2. The van der Waals surface area contributed by atoms with Crippen LogP contribution in [-0.2, 0) is 13.1 Å². The highest BCUT2D eigenvalue weighted by atomic mass is 16.5. The Morgan fingerprint density at radius 2 is 1.85 bits per heavy atom. The Bertz CT molecular complexity index is 876. The monoisotopic (exact) mass is 368 g/mol. The van der Waals surface area contributed by atoms with Crippen molar-refractivity contribution in [3.05, 3.63) is 60.0 Å². The number of nitrogens with zero attached hydrogens (tertiary/aromatic N) is 1. The van der Waals surface area contributed by atoms with Gasteiger partial charge in [-0.25, -0.2) is 4.98 Å². The molecule has 6 heteroatoms. The number of benzene rings is 2. The lowest BCUT2D eigenvalue weighted by molar-refractivity contribution is 0.340. The molecule has 0 unspecified atom stereocenters. The van der Waals surface area contributed by atoms with Crippen molar-refractivity contribution in [3.63, 3.8) is 0 Å². The van der Waals surface area contributed by atoms with Gasteiger partial charge >= 0.3 is 0 Å². The Hall–Kier alpha value is -2.99. The fourth-order valence-corrected chi connectivity index (χ4v) is 2.76. The van der Waals surface area contributed by atoms with E-state index >= 15 is 0 Å². The van der Waals surface area contributed by atoms with Crippen LogP contribution in [0.4, 0.5) is 0 Å². The lowest BCUT2D eigenvalue weighted by Crippen LogP contribution is -2.13. The number of oxazole rings is 1. The molecule has 1 heterocycles. The summed E-state index contributed by atoms with van der Waals surface area (Å²) in [5.74, 6) is 2.88. The molecule has 0 atom stereocenters. The van der Waals surface area contributed by atoms with Gasteiger partial charge in [0.05, 0.1) is 32.1 Å². The predicted molar refractivity (Wildman–Crippen MR) is 103 cm³/mol. The van der Waals surface area contributed by atoms with Gasteiger partial charge in [-0.05, 0) is 25.1 Å². The molecule has 0 aliphatic heterocycles. The Balaban J connectivity index is 1.64. The molecule has 0 radical (unpaired) electrons. The third-order valence-electron chi connectivity index (χ3n) is 4.08. The minimum Gasteiger partial charge on any atom is -0.497 e. The second kappa shape index (κ2) is 9.09. The van der Waals surface area contributed by atoms with Crippen LogP contribution in [-0.4, -0.2) is 25.8 Å². The summed E-state index contributed by atoms with van der Waals surface area (Å²) in [7, 11) is 3.29. The van der Waals surface area contributed by atoms with Crippen molar-refractivity contribution in [2.75, 3.05) is 20.8 Å². The van der Waals surface area contributed by atoms with E-state index in [-0.39, 0.29) is 0 Å². The maximum absolute atomic E-state index is 5.64. The van der Waals surface area contributed by atoms with Gasteiger partial charge in [-0.2, -0.15) is 0 Å². The molecule has 6 nitrogen and oxygen atoms in total. The van der Waals surface area contributed by atoms with E-state index < -0.39 is 0 Å². The van der Waals surface area contributed by atoms with Gasteiger partial charge in [-0.1, -0.05) is 18.2 Å². The molecular formula is C21H24N2O4. The first kappa shape index (κ1) is 18.8. The normalized spacial score (nSPS) is 10.6. The van der Waals surface area contributed by atoms with E-state index in [2.05, 4.69) is 10.3 Å². The lowest BCUT2D eigenvalue weighted by atomic mass is 10.2. The molecule has 2 aromatic carbocycles. The average molecular weight is 368 g/mol. The first-order valence-corrected chi connectivity index (χ1v) is 8.83. The van der Waals surface area contributed by atoms with Crippen molar-refractivity contribution in [3.8, 4) is 28.7 Å². The van der Waals surface area contributed by atoms with Gasteiger partial charge in [-0.15, -0.1) is 0 Å². The Morgan fingerprint density at radius 3 is 2.63 bits per heavy atom. The first-order chi connectivity index (χ1) is 13.2. The summed E-state index contributed by atoms with van der Waals surface area (Å²) in [5, 5.41) is 3.36. The fourth-order valence-electron chi connectivity index (χ4n) is 2.76. The smallest absolute Gasteiger partial charge is 0.229 e. The van der Waals surface area contributed by atoms with E-state index in [1.54, 1.807) is 20.5 Å². The van der Waals surface area contributed by atoms with Crippen molar-refractivity contribution < 1.29 is 18.6 Å². The van der Waals surface area contributed by atoms with Crippen molar-refractivity contribution >= 4 is 0 Å². The molecule has 0 saturated heterocycles. The van der Waals surface area contributed by atoms with Gasteiger partial charge in [0.1, 0.15) is 23.5 Å². The molecule has 0 aliphatic rings. The molecule has 0 spiro atoms. The fraction of sp³-hybridized carbons (Fsp3) is 0.286. The second-order valence-corrected chi connectivity index (χ2v) is 5.85. The molecule has 142 valence electrons. The van der Waals surface area contributed by atoms with Crippen LogP contribution in [0.3, 0.4) is 0 Å². The van der Waals surface area contributed by atoms with Gasteiger partial charge < -0.3 is 23.9 Å². The molecule has 1 aromatic heterocycles. The summed E-state index contributed by atoms with van der Waals surface area (Å²) in [6.45, 7) is 3.77. The molecule has 27 heavy (non-hydrogen) atoms. The summed E-state index contributed by atoms with van der Waals surface area (Å²) >= 11 is 0. The number of para-hydroxylation sites is 1.